The number of piperidine rings is 1. The Kier molecular flexibility index (Phi) is 6.48. The highest BCUT2D eigenvalue weighted by Crippen LogP contribution is 2.40. The van der Waals surface area contributed by atoms with E-state index in [2.05, 4.69) is 49.0 Å². The predicted molar refractivity (Wildman–Crippen MR) is 142 cm³/mol. The van der Waals surface area contributed by atoms with E-state index in [1.54, 1.807) is 10.9 Å². The molecular weight excluding hydrogens is 484 g/mol. The third-order valence-corrected chi connectivity index (χ3v) is 7.70. The number of hydrogen-bond acceptors (Lipinski definition) is 9. The Bertz CT molecular complexity index is 1300. The number of likely N-dealkylation sites (tertiary alicyclic amines) is 1. The van der Waals surface area contributed by atoms with Crippen LogP contribution in [0.2, 0.25) is 0 Å². The Balaban J connectivity index is 1.14. The molecule has 2 aliphatic heterocycles. The van der Waals surface area contributed by atoms with E-state index in [1.807, 2.05) is 36.2 Å². The van der Waals surface area contributed by atoms with Crippen molar-refractivity contribution in [2.24, 2.45) is 5.92 Å². The van der Waals surface area contributed by atoms with Gasteiger partial charge in [0.2, 0.25) is 0 Å². The van der Waals surface area contributed by atoms with Crippen LogP contribution in [0, 0.1) is 12.8 Å². The summed E-state index contributed by atoms with van der Waals surface area (Å²) in [6.45, 7) is 10.8. The molecule has 1 amide bonds. The lowest BCUT2D eigenvalue weighted by atomic mass is 10.1. The highest BCUT2D eigenvalue weighted by Gasteiger charge is 2.48. The van der Waals surface area contributed by atoms with Crippen LogP contribution in [0.4, 0.5) is 17.5 Å². The normalized spacial score (nSPS) is 23.2. The fraction of sp³-hybridized carbons (Fsp3) is 0.500. The molecule has 12 nitrogen and oxygen atoms in total. The quantitative estimate of drug-likeness (QED) is 0.430. The van der Waals surface area contributed by atoms with Gasteiger partial charge in [0.1, 0.15) is 23.6 Å². The van der Waals surface area contributed by atoms with Gasteiger partial charge in [0.05, 0.1) is 12.2 Å². The van der Waals surface area contributed by atoms with Crippen molar-refractivity contribution in [3.8, 4) is 6.01 Å². The maximum Gasteiger partial charge on any atom is 0.320 e. The number of anilines is 3. The summed E-state index contributed by atoms with van der Waals surface area (Å²) in [7, 11) is 2.13. The molecule has 3 aromatic heterocycles. The predicted octanol–water partition coefficient (Wildman–Crippen LogP) is 1.82. The summed E-state index contributed by atoms with van der Waals surface area (Å²) in [6.07, 6.45) is 5.19. The van der Waals surface area contributed by atoms with Crippen molar-refractivity contribution in [2.45, 2.75) is 38.5 Å². The number of piperazine rings is 1. The number of likely N-dealkylation sites (N-methyl/N-ethyl adjacent to an activating group) is 1. The summed E-state index contributed by atoms with van der Waals surface area (Å²) < 4.78 is 8.14. The fourth-order valence-electron chi connectivity index (χ4n) is 5.65. The zero-order valence-electron chi connectivity index (χ0n) is 21.9. The van der Waals surface area contributed by atoms with Gasteiger partial charge >= 0.3 is 6.01 Å². The van der Waals surface area contributed by atoms with E-state index in [1.165, 1.54) is 0 Å². The van der Waals surface area contributed by atoms with Crippen molar-refractivity contribution in [3.05, 3.63) is 48.4 Å². The zero-order valence-corrected chi connectivity index (χ0v) is 21.9. The van der Waals surface area contributed by atoms with Crippen LogP contribution < -0.4 is 15.0 Å². The average molecular weight is 519 g/mol. The first-order valence-electron chi connectivity index (χ1n) is 13.2. The summed E-state index contributed by atoms with van der Waals surface area (Å²) in [5, 5.41) is 14.7. The lowest BCUT2D eigenvalue weighted by Crippen LogP contribution is -2.45. The Morgan fingerprint density at radius 3 is 2.74 bits per heavy atom. The van der Waals surface area contributed by atoms with Crippen LogP contribution in [-0.2, 0) is 11.3 Å². The molecule has 0 radical (unpaired) electrons. The number of H-pyrrole nitrogens is 1. The minimum absolute atomic E-state index is 0.00102. The first-order valence-corrected chi connectivity index (χ1v) is 13.2. The standard InChI is InChI=1S/C26H34N10O2/c1-17(15-35-6-4-5-27-35)25(37)36-16-19-12-20(36)13-21(19)38-26-29-22(28-23-11-18(2)31-32-23)14-24(30-26)34-9-7-33(3)8-10-34/h4-6,11,14,19-21H,1,7-10,12-13,15-16H2,2-3H3,(H2,28,29,30,31,32). The molecule has 3 aromatic rings. The van der Waals surface area contributed by atoms with Gasteiger partial charge in [-0.15, -0.1) is 0 Å². The van der Waals surface area contributed by atoms with E-state index in [0.29, 0.717) is 30.5 Å². The molecule has 6 rings (SSSR count). The van der Waals surface area contributed by atoms with Gasteiger partial charge in [0.15, 0.2) is 0 Å². The van der Waals surface area contributed by atoms with Crippen molar-refractivity contribution in [2.75, 3.05) is 50.0 Å². The van der Waals surface area contributed by atoms with E-state index < -0.39 is 0 Å². The molecule has 3 fully saturated rings. The Morgan fingerprint density at radius 1 is 1.21 bits per heavy atom. The second-order valence-electron chi connectivity index (χ2n) is 10.5. The SMILES string of the molecule is C=C(Cn1cccn1)C(=O)N1CC2CC1CC2Oc1nc(Nc2cc(C)n[nH]2)cc(N2CCN(C)CC2)n1. The van der Waals surface area contributed by atoms with Crippen LogP contribution in [0.15, 0.2) is 42.7 Å². The number of hydrogen-bond donors (Lipinski definition) is 2. The van der Waals surface area contributed by atoms with Crippen LogP contribution in [0.5, 0.6) is 6.01 Å². The van der Waals surface area contributed by atoms with Crippen molar-refractivity contribution in [1.29, 1.82) is 0 Å². The average Bonchev–Trinajstić information content (AvgIpc) is 3.70. The van der Waals surface area contributed by atoms with Gasteiger partial charge in [-0.3, -0.25) is 14.6 Å². The topological polar surface area (TPSA) is 120 Å². The molecule has 200 valence electrons. The van der Waals surface area contributed by atoms with Gasteiger partial charge in [-0.25, -0.2) is 0 Å². The van der Waals surface area contributed by atoms with Gasteiger partial charge in [-0.1, -0.05) is 6.58 Å². The first-order chi connectivity index (χ1) is 18.4. The molecule has 0 spiro atoms. The number of carbonyl (C=O) groups excluding carboxylic acids is 1. The van der Waals surface area contributed by atoms with Gasteiger partial charge in [0, 0.05) is 81.2 Å². The highest BCUT2D eigenvalue weighted by molar-refractivity contribution is 5.93. The van der Waals surface area contributed by atoms with E-state index in [4.69, 9.17) is 9.72 Å². The molecule has 1 saturated carbocycles. The number of amides is 1. The molecule has 1 aliphatic carbocycles. The third kappa shape index (κ3) is 5.08. The number of aromatic amines is 1. The molecule has 38 heavy (non-hydrogen) atoms. The smallest absolute Gasteiger partial charge is 0.320 e. The highest BCUT2D eigenvalue weighted by atomic mass is 16.5. The molecule has 3 atom stereocenters. The molecule has 2 bridgehead atoms. The minimum Gasteiger partial charge on any atom is -0.460 e. The molecule has 2 saturated heterocycles. The summed E-state index contributed by atoms with van der Waals surface area (Å²) >= 11 is 0. The summed E-state index contributed by atoms with van der Waals surface area (Å²) in [6, 6.07) is 6.23. The van der Waals surface area contributed by atoms with Gasteiger partial charge in [-0.05, 0) is 26.5 Å². The van der Waals surface area contributed by atoms with Crippen LogP contribution in [-0.4, -0.2) is 97.6 Å². The summed E-state index contributed by atoms with van der Waals surface area (Å²) in [5.41, 5.74) is 1.44. The molecule has 12 heteroatoms. The van der Waals surface area contributed by atoms with Gasteiger partial charge in [0.25, 0.3) is 5.91 Å². The number of aryl methyl sites for hydroxylation is 1. The number of ether oxygens (including phenoxy) is 1. The minimum atomic E-state index is -0.0339. The van der Waals surface area contributed by atoms with Crippen LogP contribution in [0.1, 0.15) is 18.5 Å². The molecule has 2 N–H and O–H groups in total. The van der Waals surface area contributed by atoms with Crippen LogP contribution in [0.25, 0.3) is 0 Å². The number of aromatic nitrogens is 6. The van der Waals surface area contributed by atoms with Gasteiger partial charge in [-0.2, -0.15) is 20.2 Å². The second kappa shape index (κ2) is 10.1. The summed E-state index contributed by atoms with van der Waals surface area (Å²) in [5.74, 6) is 2.50. The fourth-order valence-corrected chi connectivity index (χ4v) is 5.65. The molecule has 0 aromatic carbocycles. The second-order valence-corrected chi connectivity index (χ2v) is 10.5. The van der Waals surface area contributed by atoms with Gasteiger partial charge < -0.3 is 24.8 Å². The molecule has 3 unspecified atom stereocenters. The molecule has 5 heterocycles. The number of nitrogens with zero attached hydrogens (tertiary/aromatic N) is 8. The van der Waals surface area contributed by atoms with E-state index in [0.717, 1.165) is 56.4 Å². The van der Waals surface area contributed by atoms with E-state index >= 15 is 0 Å². The van der Waals surface area contributed by atoms with Crippen LogP contribution >= 0.6 is 0 Å². The number of fused-ring (bicyclic) bond motifs is 2. The van der Waals surface area contributed by atoms with Crippen molar-refractivity contribution in [3.63, 3.8) is 0 Å². The van der Waals surface area contributed by atoms with Crippen molar-refractivity contribution >= 4 is 23.4 Å². The maximum atomic E-state index is 13.1. The molecular formula is C26H34N10O2. The molecule has 3 aliphatic rings. The first kappa shape index (κ1) is 24.4. The van der Waals surface area contributed by atoms with Crippen molar-refractivity contribution in [1.82, 2.24) is 39.7 Å². The third-order valence-electron chi connectivity index (χ3n) is 7.70. The number of rotatable bonds is 8. The largest absolute Gasteiger partial charge is 0.460 e. The Hall–Kier alpha value is -3.93. The number of nitrogens with one attached hydrogen (secondary N) is 2. The summed E-state index contributed by atoms with van der Waals surface area (Å²) in [4.78, 5) is 29.1. The van der Waals surface area contributed by atoms with Crippen LogP contribution in [0.3, 0.4) is 0 Å². The Morgan fingerprint density at radius 2 is 2.05 bits per heavy atom. The lowest BCUT2D eigenvalue weighted by molar-refractivity contribution is -0.129. The lowest BCUT2D eigenvalue weighted by Gasteiger charge is -2.34. The Labute approximate surface area is 221 Å². The number of carbonyl (C=O) groups is 1. The van der Waals surface area contributed by atoms with E-state index in [-0.39, 0.29) is 24.0 Å². The van der Waals surface area contributed by atoms with E-state index in [9.17, 15) is 4.79 Å². The monoisotopic (exact) mass is 518 g/mol. The van der Waals surface area contributed by atoms with Crippen molar-refractivity contribution < 1.29 is 9.53 Å². The zero-order chi connectivity index (χ0) is 26.2. The maximum absolute atomic E-state index is 13.1.